The van der Waals surface area contributed by atoms with Gasteiger partial charge in [0.05, 0.1) is 18.4 Å². The smallest absolute Gasteiger partial charge is 0.258 e. The summed E-state index contributed by atoms with van der Waals surface area (Å²) in [5.41, 5.74) is 2.78. The average Bonchev–Trinajstić information content (AvgIpc) is 3.07. The SMILES string of the molecule is Cc1ccc(CO)cc1NC(=O)c1cnn(-c2ccccc2F)c1. The number of nitrogens with zero attached hydrogens (tertiary/aromatic N) is 2. The molecule has 0 saturated heterocycles. The van der Waals surface area contributed by atoms with Gasteiger partial charge in [0.25, 0.3) is 5.91 Å². The van der Waals surface area contributed by atoms with E-state index in [9.17, 15) is 14.3 Å². The standard InChI is InChI=1S/C18H16FN3O2/c1-12-6-7-13(11-23)8-16(12)21-18(24)14-9-20-22(10-14)17-5-3-2-4-15(17)19/h2-10,23H,11H2,1H3,(H,21,24). The van der Waals surface area contributed by atoms with Gasteiger partial charge in [-0.1, -0.05) is 24.3 Å². The molecule has 0 atom stereocenters. The lowest BCUT2D eigenvalue weighted by atomic mass is 10.1. The molecule has 2 N–H and O–H groups in total. The van der Waals surface area contributed by atoms with Crippen molar-refractivity contribution in [3.05, 3.63) is 77.4 Å². The second kappa shape index (κ2) is 6.64. The summed E-state index contributed by atoms with van der Waals surface area (Å²) in [6.07, 6.45) is 2.85. The molecule has 0 saturated carbocycles. The van der Waals surface area contributed by atoms with Gasteiger partial charge in [-0.2, -0.15) is 5.10 Å². The number of anilines is 1. The maximum atomic E-state index is 13.8. The summed E-state index contributed by atoms with van der Waals surface area (Å²) in [5.74, 6) is -0.769. The average molecular weight is 325 g/mol. The van der Waals surface area contributed by atoms with E-state index in [2.05, 4.69) is 10.4 Å². The summed E-state index contributed by atoms with van der Waals surface area (Å²) >= 11 is 0. The first-order valence-corrected chi connectivity index (χ1v) is 7.40. The van der Waals surface area contributed by atoms with Crippen LogP contribution in [0, 0.1) is 12.7 Å². The third kappa shape index (κ3) is 3.18. The number of aromatic nitrogens is 2. The zero-order chi connectivity index (χ0) is 17.1. The Kier molecular flexibility index (Phi) is 4.39. The minimum Gasteiger partial charge on any atom is -0.392 e. The number of aliphatic hydroxyl groups is 1. The number of benzene rings is 2. The van der Waals surface area contributed by atoms with Crippen molar-refractivity contribution >= 4 is 11.6 Å². The van der Waals surface area contributed by atoms with Crippen LogP contribution in [0.2, 0.25) is 0 Å². The summed E-state index contributed by atoms with van der Waals surface area (Å²) in [5, 5.41) is 16.0. The third-order valence-corrected chi connectivity index (χ3v) is 3.68. The predicted molar refractivity (Wildman–Crippen MR) is 88.6 cm³/mol. The van der Waals surface area contributed by atoms with Crippen LogP contribution in [0.15, 0.2) is 54.9 Å². The second-order valence-corrected chi connectivity index (χ2v) is 5.39. The fourth-order valence-electron chi connectivity index (χ4n) is 2.31. The molecule has 3 aromatic rings. The van der Waals surface area contributed by atoms with E-state index in [1.807, 2.05) is 13.0 Å². The molecule has 0 fully saturated rings. The summed E-state index contributed by atoms with van der Waals surface area (Å²) in [6.45, 7) is 1.76. The van der Waals surface area contributed by atoms with E-state index in [4.69, 9.17) is 0 Å². The van der Waals surface area contributed by atoms with Crippen molar-refractivity contribution in [2.75, 3.05) is 5.32 Å². The van der Waals surface area contributed by atoms with E-state index in [1.54, 1.807) is 30.3 Å². The van der Waals surface area contributed by atoms with Crippen molar-refractivity contribution in [1.82, 2.24) is 9.78 Å². The molecule has 0 bridgehead atoms. The molecule has 1 heterocycles. The van der Waals surface area contributed by atoms with Gasteiger partial charge >= 0.3 is 0 Å². The van der Waals surface area contributed by atoms with Crippen LogP contribution < -0.4 is 5.32 Å². The molecule has 0 aliphatic heterocycles. The van der Waals surface area contributed by atoms with Crippen LogP contribution in [0.1, 0.15) is 21.5 Å². The Morgan fingerprint density at radius 3 is 2.83 bits per heavy atom. The molecular weight excluding hydrogens is 309 g/mol. The minimum absolute atomic E-state index is 0.103. The fraction of sp³-hybridized carbons (Fsp3) is 0.111. The minimum atomic E-state index is -0.418. The molecule has 0 aliphatic rings. The highest BCUT2D eigenvalue weighted by atomic mass is 19.1. The number of hydrogen-bond acceptors (Lipinski definition) is 3. The number of amides is 1. The molecule has 2 aromatic carbocycles. The van der Waals surface area contributed by atoms with E-state index in [1.165, 1.54) is 23.1 Å². The van der Waals surface area contributed by atoms with Crippen LogP contribution >= 0.6 is 0 Å². The Hall–Kier alpha value is -2.99. The lowest BCUT2D eigenvalue weighted by Gasteiger charge is -2.09. The Labute approximate surface area is 138 Å². The van der Waals surface area contributed by atoms with Gasteiger partial charge in [-0.05, 0) is 36.2 Å². The topological polar surface area (TPSA) is 67.2 Å². The zero-order valence-corrected chi connectivity index (χ0v) is 13.0. The van der Waals surface area contributed by atoms with E-state index < -0.39 is 5.82 Å². The van der Waals surface area contributed by atoms with E-state index in [0.29, 0.717) is 16.8 Å². The van der Waals surface area contributed by atoms with Crippen LogP contribution in [-0.4, -0.2) is 20.8 Å². The highest BCUT2D eigenvalue weighted by molar-refractivity contribution is 6.04. The molecule has 0 radical (unpaired) electrons. The summed E-state index contributed by atoms with van der Waals surface area (Å²) in [6, 6.07) is 11.5. The number of aryl methyl sites for hydroxylation is 1. The number of nitrogens with one attached hydrogen (secondary N) is 1. The van der Waals surface area contributed by atoms with Gasteiger partial charge in [0, 0.05) is 11.9 Å². The molecule has 1 amide bonds. The zero-order valence-electron chi connectivity index (χ0n) is 13.0. The van der Waals surface area contributed by atoms with Crippen molar-refractivity contribution in [1.29, 1.82) is 0 Å². The van der Waals surface area contributed by atoms with Gasteiger partial charge in [-0.25, -0.2) is 9.07 Å². The van der Waals surface area contributed by atoms with Crippen LogP contribution in [0.3, 0.4) is 0 Å². The van der Waals surface area contributed by atoms with Gasteiger partial charge in [-0.15, -0.1) is 0 Å². The normalized spacial score (nSPS) is 10.6. The molecule has 0 unspecified atom stereocenters. The summed E-state index contributed by atoms with van der Waals surface area (Å²) in [7, 11) is 0. The quantitative estimate of drug-likeness (QED) is 0.775. The Morgan fingerprint density at radius 1 is 1.29 bits per heavy atom. The fourth-order valence-corrected chi connectivity index (χ4v) is 2.31. The Balaban J connectivity index is 1.83. The summed E-state index contributed by atoms with van der Waals surface area (Å²) in [4.78, 5) is 12.4. The number of carbonyl (C=O) groups is 1. The molecule has 5 nitrogen and oxygen atoms in total. The number of halogens is 1. The molecular formula is C18H16FN3O2. The van der Waals surface area contributed by atoms with E-state index >= 15 is 0 Å². The van der Waals surface area contributed by atoms with Crippen molar-refractivity contribution in [2.45, 2.75) is 13.5 Å². The number of aliphatic hydroxyl groups excluding tert-OH is 1. The molecule has 122 valence electrons. The van der Waals surface area contributed by atoms with E-state index in [0.717, 1.165) is 5.56 Å². The molecule has 6 heteroatoms. The monoisotopic (exact) mass is 325 g/mol. The maximum absolute atomic E-state index is 13.8. The predicted octanol–water partition coefficient (Wildman–Crippen LogP) is 3.06. The number of hydrogen-bond donors (Lipinski definition) is 2. The highest BCUT2D eigenvalue weighted by Gasteiger charge is 2.12. The first-order chi connectivity index (χ1) is 11.6. The van der Waals surface area contributed by atoms with Crippen LogP contribution in [0.5, 0.6) is 0 Å². The first kappa shape index (κ1) is 15.9. The van der Waals surface area contributed by atoms with Gasteiger partial charge in [0.15, 0.2) is 0 Å². The number of para-hydroxylation sites is 1. The second-order valence-electron chi connectivity index (χ2n) is 5.39. The molecule has 0 spiro atoms. The number of rotatable bonds is 4. The first-order valence-electron chi connectivity index (χ1n) is 7.40. The van der Waals surface area contributed by atoms with Gasteiger partial charge in [0.1, 0.15) is 11.5 Å². The Bertz CT molecular complexity index is 889. The summed E-state index contributed by atoms with van der Waals surface area (Å²) < 4.78 is 15.1. The highest BCUT2D eigenvalue weighted by Crippen LogP contribution is 2.19. The van der Waals surface area contributed by atoms with Gasteiger partial charge in [-0.3, -0.25) is 4.79 Å². The molecule has 1 aromatic heterocycles. The number of carbonyl (C=O) groups excluding carboxylic acids is 1. The maximum Gasteiger partial charge on any atom is 0.258 e. The molecule has 0 aliphatic carbocycles. The van der Waals surface area contributed by atoms with Crippen LogP contribution in [0.4, 0.5) is 10.1 Å². The van der Waals surface area contributed by atoms with Crippen molar-refractivity contribution in [3.8, 4) is 5.69 Å². The largest absolute Gasteiger partial charge is 0.392 e. The molecule has 24 heavy (non-hydrogen) atoms. The van der Waals surface area contributed by atoms with Crippen molar-refractivity contribution in [3.63, 3.8) is 0 Å². The molecule has 3 rings (SSSR count). The van der Waals surface area contributed by atoms with E-state index in [-0.39, 0.29) is 18.2 Å². The van der Waals surface area contributed by atoms with Crippen molar-refractivity contribution in [2.24, 2.45) is 0 Å². The lowest BCUT2D eigenvalue weighted by Crippen LogP contribution is -2.12. The van der Waals surface area contributed by atoms with Gasteiger partial charge in [0.2, 0.25) is 0 Å². The third-order valence-electron chi connectivity index (χ3n) is 3.68. The van der Waals surface area contributed by atoms with Crippen LogP contribution in [-0.2, 0) is 6.61 Å². The lowest BCUT2D eigenvalue weighted by molar-refractivity contribution is 0.102. The Morgan fingerprint density at radius 2 is 2.08 bits per heavy atom. The van der Waals surface area contributed by atoms with Crippen molar-refractivity contribution < 1.29 is 14.3 Å². The van der Waals surface area contributed by atoms with Gasteiger partial charge < -0.3 is 10.4 Å². The van der Waals surface area contributed by atoms with Crippen LogP contribution in [0.25, 0.3) is 5.69 Å².